The Balaban J connectivity index is 1.39. The number of anilines is 2. The van der Waals surface area contributed by atoms with Crippen LogP contribution in [0.1, 0.15) is 46.0 Å². The monoisotopic (exact) mass is 488 g/mol. The molecule has 32 heavy (non-hydrogen) atoms. The van der Waals surface area contributed by atoms with Crippen molar-refractivity contribution in [1.82, 2.24) is 9.88 Å². The first-order valence-corrected chi connectivity index (χ1v) is 12.6. The molecule has 2 aromatic heterocycles. The van der Waals surface area contributed by atoms with E-state index in [-0.39, 0.29) is 11.8 Å². The Hall–Kier alpha value is -2.26. The summed E-state index contributed by atoms with van der Waals surface area (Å²) in [5.41, 5.74) is 1.75. The number of benzene rings is 1. The zero-order valence-electron chi connectivity index (χ0n) is 17.9. The number of thiophene rings is 1. The molecule has 0 spiro atoms. The minimum atomic E-state index is -0.297. The van der Waals surface area contributed by atoms with E-state index in [2.05, 4.69) is 34.4 Å². The van der Waals surface area contributed by atoms with Gasteiger partial charge in [-0.3, -0.25) is 19.8 Å². The minimum Gasteiger partial charge on any atom is -0.320 e. The van der Waals surface area contributed by atoms with E-state index in [1.165, 1.54) is 29.1 Å². The first-order chi connectivity index (χ1) is 15.4. The third-order valence-corrected chi connectivity index (χ3v) is 7.33. The minimum absolute atomic E-state index is 0.259. The van der Waals surface area contributed by atoms with Crippen LogP contribution in [-0.4, -0.2) is 34.8 Å². The van der Waals surface area contributed by atoms with Gasteiger partial charge in [-0.2, -0.15) is 0 Å². The van der Waals surface area contributed by atoms with Crippen LogP contribution in [0.5, 0.6) is 0 Å². The van der Waals surface area contributed by atoms with E-state index in [1.54, 1.807) is 30.3 Å². The second kappa shape index (κ2) is 10.1. The molecule has 0 aliphatic carbocycles. The van der Waals surface area contributed by atoms with Gasteiger partial charge in [-0.05, 0) is 47.9 Å². The van der Waals surface area contributed by atoms with Gasteiger partial charge in [0.25, 0.3) is 11.8 Å². The number of halogens is 1. The molecule has 6 nitrogen and oxygen atoms in total. The molecule has 168 valence electrons. The fourth-order valence-corrected chi connectivity index (χ4v) is 5.59. The number of aromatic nitrogens is 1. The molecule has 2 unspecified atom stereocenters. The van der Waals surface area contributed by atoms with Gasteiger partial charge in [0.15, 0.2) is 5.13 Å². The molecule has 2 N–H and O–H groups in total. The Bertz CT molecular complexity index is 1090. The summed E-state index contributed by atoms with van der Waals surface area (Å²) >= 11 is 8.98. The number of carbonyl (C=O) groups is 2. The Morgan fingerprint density at radius 2 is 1.91 bits per heavy atom. The maximum Gasteiger partial charge on any atom is 0.265 e. The van der Waals surface area contributed by atoms with Crippen molar-refractivity contribution in [3.63, 3.8) is 0 Å². The maximum absolute atomic E-state index is 12.8. The van der Waals surface area contributed by atoms with Crippen molar-refractivity contribution < 1.29 is 9.59 Å². The number of piperidine rings is 1. The lowest BCUT2D eigenvalue weighted by Crippen LogP contribution is -2.38. The van der Waals surface area contributed by atoms with Gasteiger partial charge in [0, 0.05) is 30.6 Å². The molecule has 1 saturated heterocycles. The van der Waals surface area contributed by atoms with Crippen molar-refractivity contribution in [2.24, 2.45) is 11.8 Å². The van der Waals surface area contributed by atoms with Gasteiger partial charge in [-0.15, -0.1) is 22.7 Å². The van der Waals surface area contributed by atoms with Crippen molar-refractivity contribution in [2.45, 2.75) is 26.8 Å². The fourth-order valence-electron chi connectivity index (χ4n) is 4.11. The third-order valence-electron chi connectivity index (χ3n) is 5.32. The van der Waals surface area contributed by atoms with E-state index in [9.17, 15) is 9.59 Å². The van der Waals surface area contributed by atoms with E-state index in [4.69, 9.17) is 11.6 Å². The molecule has 0 radical (unpaired) electrons. The summed E-state index contributed by atoms with van der Waals surface area (Å²) < 4.78 is 0. The molecule has 2 amide bonds. The number of nitrogens with one attached hydrogen (secondary N) is 2. The quantitative estimate of drug-likeness (QED) is 0.457. The van der Waals surface area contributed by atoms with Crippen LogP contribution in [0.2, 0.25) is 5.02 Å². The molecule has 0 saturated carbocycles. The van der Waals surface area contributed by atoms with Crippen molar-refractivity contribution in [3.05, 3.63) is 62.2 Å². The number of nitrogens with zero attached hydrogens (tertiary/aromatic N) is 2. The summed E-state index contributed by atoms with van der Waals surface area (Å²) in [7, 11) is 0. The van der Waals surface area contributed by atoms with Crippen molar-refractivity contribution in [1.29, 1.82) is 0 Å². The zero-order chi connectivity index (χ0) is 22.7. The highest BCUT2D eigenvalue weighted by atomic mass is 35.5. The third kappa shape index (κ3) is 5.75. The highest BCUT2D eigenvalue weighted by molar-refractivity contribution is 7.14. The summed E-state index contributed by atoms with van der Waals surface area (Å²) in [4.78, 5) is 32.7. The van der Waals surface area contributed by atoms with E-state index in [0.717, 1.165) is 25.3 Å². The zero-order valence-corrected chi connectivity index (χ0v) is 20.3. The molecule has 0 bridgehead atoms. The van der Waals surface area contributed by atoms with Gasteiger partial charge in [0.05, 0.1) is 21.3 Å². The summed E-state index contributed by atoms with van der Waals surface area (Å²) in [6.07, 6.45) is 1.27. The van der Waals surface area contributed by atoms with Crippen LogP contribution < -0.4 is 10.6 Å². The molecule has 1 aliphatic heterocycles. The second-order valence-electron chi connectivity index (χ2n) is 8.36. The first kappa shape index (κ1) is 22.9. The second-order valence-corrected chi connectivity index (χ2v) is 10.6. The van der Waals surface area contributed by atoms with Gasteiger partial charge in [-0.25, -0.2) is 4.98 Å². The van der Waals surface area contributed by atoms with Gasteiger partial charge >= 0.3 is 0 Å². The van der Waals surface area contributed by atoms with Crippen LogP contribution in [0.3, 0.4) is 0 Å². The largest absolute Gasteiger partial charge is 0.320 e. The Kier molecular flexibility index (Phi) is 7.25. The molecule has 3 heterocycles. The van der Waals surface area contributed by atoms with Crippen LogP contribution in [0.15, 0.2) is 41.1 Å². The average Bonchev–Trinajstić information content (AvgIpc) is 3.41. The Labute approximate surface area is 200 Å². The van der Waals surface area contributed by atoms with E-state index in [1.807, 2.05) is 10.8 Å². The van der Waals surface area contributed by atoms with Gasteiger partial charge < -0.3 is 5.32 Å². The number of thiazole rings is 1. The van der Waals surface area contributed by atoms with Gasteiger partial charge in [0.1, 0.15) is 0 Å². The maximum atomic E-state index is 12.8. The van der Waals surface area contributed by atoms with E-state index >= 15 is 0 Å². The molecule has 4 rings (SSSR count). The standard InChI is InChI=1S/C23H25ClN4O2S2/c1-14-8-15(2)11-28(10-14)12-17-13-32-23(25-17)27-21(29)16-5-6-18(24)19(9-16)26-22(30)20-4-3-7-31-20/h3-7,9,13-15H,8,10-12H2,1-2H3,(H,26,30)(H,25,27,29). The lowest BCUT2D eigenvalue weighted by molar-refractivity contribution is 0.101. The molecule has 1 aliphatic rings. The topological polar surface area (TPSA) is 74.3 Å². The van der Waals surface area contributed by atoms with Crippen LogP contribution in [-0.2, 0) is 6.54 Å². The van der Waals surface area contributed by atoms with Crippen molar-refractivity contribution in [3.8, 4) is 0 Å². The smallest absolute Gasteiger partial charge is 0.265 e. The van der Waals surface area contributed by atoms with Crippen LogP contribution in [0, 0.1) is 11.8 Å². The Morgan fingerprint density at radius 1 is 1.12 bits per heavy atom. The predicted octanol–water partition coefficient (Wildman–Crippen LogP) is 5.84. The molecular weight excluding hydrogens is 464 g/mol. The molecule has 1 fully saturated rings. The first-order valence-electron chi connectivity index (χ1n) is 10.5. The molecule has 2 atom stereocenters. The summed E-state index contributed by atoms with van der Waals surface area (Å²) in [6.45, 7) is 7.53. The number of rotatable bonds is 6. The average molecular weight is 489 g/mol. The van der Waals surface area contributed by atoms with Crippen LogP contribution in [0.4, 0.5) is 10.8 Å². The number of amides is 2. The highest BCUT2D eigenvalue weighted by Gasteiger charge is 2.22. The van der Waals surface area contributed by atoms with Crippen molar-refractivity contribution in [2.75, 3.05) is 23.7 Å². The number of hydrogen-bond acceptors (Lipinski definition) is 6. The summed E-state index contributed by atoms with van der Waals surface area (Å²) in [5.74, 6) is 0.826. The number of likely N-dealkylation sites (tertiary alicyclic amines) is 1. The van der Waals surface area contributed by atoms with Crippen molar-refractivity contribution >= 4 is 56.9 Å². The molecule has 9 heteroatoms. The molecular formula is C23H25ClN4O2S2. The van der Waals surface area contributed by atoms with Gasteiger partial charge in [0.2, 0.25) is 0 Å². The predicted molar refractivity (Wildman–Crippen MR) is 132 cm³/mol. The SMILES string of the molecule is CC1CC(C)CN(Cc2csc(NC(=O)c3ccc(Cl)c(NC(=O)c4cccs4)c3)n2)C1. The lowest BCUT2D eigenvalue weighted by atomic mass is 9.92. The van der Waals surface area contributed by atoms with Gasteiger partial charge in [-0.1, -0.05) is 31.5 Å². The number of hydrogen-bond donors (Lipinski definition) is 2. The van der Waals surface area contributed by atoms with Crippen LogP contribution in [0.25, 0.3) is 0 Å². The van der Waals surface area contributed by atoms with E-state index in [0.29, 0.717) is 38.1 Å². The lowest BCUT2D eigenvalue weighted by Gasteiger charge is -2.34. The van der Waals surface area contributed by atoms with E-state index < -0.39 is 0 Å². The fraction of sp³-hybridized carbons (Fsp3) is 0.348. The van der Waals surface area contributed by atoms with Crippen LogP contribution >= 0.6 is 34.3 Å². The Morgan fingerprint density at radius 3 is 2.62 bits per heavy atom. The summed E-state index contributed by atoms with van der Waals surface area (Å²) in [6, 6.07) is 8.35. The molecule has 3 aromatic rings. The number of carbonyl (C=O) groups excluding carboxylic acids is 2. The summed E-state index contributed by atoms with van der Waals surface area (Å²) in [5, 5.41) is 10.4. The normalized spacial score (nSPS) is 19.0. The molecule has 1 aromatic carbocycles. The highest BCUT2D eigenvalue weighted by Crippen LogP contribution is 2.26.